The van der Waals surface area contributed by atoms with Gasteiger partial charge in [-0.15, -0.1) is 10.1 Å². The van der Waals surface area contributed by atoms with Crippen LogP contribution in [0.15, 0.2) is 84.9 Å². The van der Waals surface area contributed by atoms with Gasteiger partial charge < -0.3 is 28.8 Å². The maximum Gasteiger partial charge on any atom is 0.303 e. The van der Waals surface area contributed by atoms with Crippen molar-refractivity contribution in [2.24, 2.45) is 0 Å². The van der Waals surface area contributed by atoms with Gasteiger partial charge >= 0.3 is 17.9 Å². The summed E-state index contributed by atoms with van der Waals surface area (Å²) in [5.74, 6) is -3.37. The number of esters is 3. The molecule has 5 atom stereocenters. The molecule has 14 nitrogen and oxygen atoms in total. The van der Waals surface area contributed by atoms with Crippen molar-refractivity contribution < 1.29 is 52.6 Å². The molecule has 1 fully saturated rings. The summed E-state index contributed by atoms with van der Waals surface area (Å²) in [4.78, 5) is 66.2. The molecule has 4 rings (SSSR count). The molecule has 0 bridgehead atoms. The number of carbonyl (C=O) groups is 4. The lowest BCUT2D eigenvalue weighted by atomic mass is 9.95. The standard InChI is InChI=1S/C31H31N2O12P/c1-19(34)41-18-25-28(42-20(2)35)29(43-21(3)36)27(31(44-25)45-33(38)39)32-30(37)24-16-10-11-17-26(24)46(40,22-12-6-4-7-13-22)23-14-8-5-9-15-23/h4-17,25,27-29,31H,18H2,1-3H3,(H,32,37)/t25?,27?,28-,29-,31?/m1/s1. The fourth-order valence-corrected chi connectivity index (χ4v) is 7.95. The number of hydrogen-bond donors (Lipinski definition) is 1. The third-order valence-electron chi connectivity index (χ3n) is 6.92. The quantitative estimate of drug-likeness (QED) is 0.104. The van der Waals surface area contributed by atoms with Crippen molar-refractivity contribution in [2.45, 2.75) is 51.4 Å². The van der Waals surface area contributed by atoms with Gasteiger partial charge in [0, 0.05) is 36.7 Å². The first kappa shape index (κ1) is 33.8. The van der Waals surface area contributed by atoms with Gasteiger partial charge in [0.05, 0.1) is 5.56 Å². The molecule has 1 aliphatic rings. The zero-order valence-corrected chi connectivity index (χ0v) is 25.9. The number of ether oxygens (including phenoxy) is 4. The predicted molar refractivity (Wildman–Crippen MR) is 162 cm³/mol. The first-order valence-corrected chi connectivity index (χ1v) is 15.7. The average molecular weight is 655 g/mol. The zero-order valence-electron chi connectivity index (χ0n) is 25.0. The SMILES string of the molecule is CC(=O)OCC1OC(O[N+](=O)[O-])C(NC(=O)c2ccccc2P(=O)(c2ccccc2)c2ccccc2)[C@@H](OC(C)=O)[C@@H]1OC(C)=O. The highest BCUT2D eigenvalue weighted by Gasteiger charge is 2.52. The molecule has 1 N–H and O–H groups in total. The summed E-state index contributed by atoms with van der Waals surface area (Å²) in [5, 5.41) is 13.9. The van der Waals surface area contributed by atoms with E-state index in [1.165, 1.54) is 6.07 Å². The van der Waals surface area contributed by atoms with Crippen LogP contribution in [0.4, 0.5) is 0 Å². The monoisotopic (exact) mass is 654 g/mol. The number of carbonyl (C=O) groups excluding carboxylic acids is 4. The molecule has 3 aromatic carbocycles. The molecular weight excluding hydrogens is 623 g/mol. The van der Waals surface area contributed by atoms with E-state index in [9.17, 15) is 29.3 Å². The fourth-order valence-electron chi connectivity index (χ4n) is 5.10. The van der Waals surface area contributed by atoms with Crippen LogP contribution in [0.2, 0.25) is 0 Å². The Kier molecular flexibility index (Phi) is 10.9. The molecule has 0 spiro atoms. The Morgan fingerprint density at radius 3 is 1.85 bits per heavy atom. The Morgan fingerprint density at radius 2 is 1.33 bits per heavy atom. The van der Waals surface area contributed by atoms with Crippen LogP contribution in [0, 0.1) is 10.1 Å². The number of amides is 1. The van der Waals surface area contributed by atoms with Gasteiger partial charge in [-0.3, -0.25) is 24.0 Å². The molecule has 1 aliphatic heterocycles. The Morgan fingerprint density at radius 1 is 0.804 bits per heavy atom. The van der Waals surface area contributed by atoms with Crippen molar-refractivity contribution >= 4 is 46.9 Å². The van der Waals surface area contributed by atoms with Crippen molar-refractivity contribution in [1.82, 2.24) is 5.32 Å². The summed E-state index contributed by atoms with van der Waals surface area (Å²) >= 11 is 0. The van der Waals surface area contributed by atoms with Crippen molar-refractivity contribution in [3.8, 4) is 0 Å². The van der Waals surface area contributed by atoms with Gasteiger partial charge in [0.1, 0.15) is 18.8 Å². The first-order valence-electron chi connectivity index (χ1n) is 14.0. The number of rotatable bonds is 11. The second-order valence-corrected chi connectivity index (χ2v) is 12.9. The molecular formula is C31H31N2O12P. The Hall–Kier alpha value is -5.07. The maximum atomic E-state index is 15.1. The van der Waals surface area contributed by atoms with E-state index < -0.39 is 73.3 Å². The fraction of sp³-hybridized carbons (Fsp3) is 0.290. The minimum Gasteiger partial charge on any atom is -0.463 e. The molecule has 0 aliphatic carbocycles. The van der Waals surface area contributed by atoms with Crippen LogP contribution in [0.25, 0.3) is 0 Å². The molecule has 15 heteroatoms. The van der Waals surface area contributed by atoms with Crippen LogP contribution >= 0.6 is 7.14 Å². The van der Waals surface area contributed by atoms with Crippen LogP contribution in [0.1, 0.15) is 31.1 Å². The van der Waals surface area contributed by atoms with Gasteiger partial charge in [0.2, 0.25) is 6.29 Å². The van der Waals surface area contributed by atoms with Crippen LogP contribution < -0.4 is 21.2 Å². The summed E-state index contributed by atoms with van der Waals surface area (Å²) in [5.41, 5.74) is -0.0639. The summed E-state index contributed by atoms with van der Waals surface area (Å²) in [6, 6.07) is 21.6. The minimum atomic E-state index is -3.69. The third kappa shape index (κ3) is 7.76. The Bertz CT molecular complexity index is 1590. The van der Waals surface area contributed by atoms with Crippen LogP contribution in [-0.2, 0) is 42.7 Å². The molecule has 1 heterocycles. The zero-order chi connectivity index (χ0) is 33.4. The number of nitrogens with zero attached hydrogens (tertiary/aromatic N) is 1. The lowest BCUT2D eigenvalue weighted by molar-refractivity contribution is -0.783. The lowest BCUT2D eigenvalue weighted by Crippen LogP contribution is -2.67. The molecule has 0 radical (unpaired) electrons. The van der Waals surface area contributed by atoms with Crippen LogP contribution in [0.5, 0.6) is 0 Å². The highest BCUT2D eigenvalue weighted by atomic mass is 31.2. The summed E-state index contributed by atoms with van der Waals surface area (Å²) < 4.78 is 36.6. The lowest BCUT2D eigenvalue weighted by Gasteiger charge is -2.44. The molecule has 242 valence electrons. The molecule has 46 heavy (non-hydrogen) atoms. The number of nitrogens with one attached hydrogen (secondary N) is 1. The Balaban J connectivity index is 1.81. The van der Waals surface area contributed by atoms with Crippen molar-refractivity contribution in [2.75, 3.05) is 6.61 Å². The van der Waals surface area contributed by atoms with E-state index in [4.69, 9.17) is 23.8 Å². The normalized spacial score (nSPS) is 20.9. The average Bonchev–Trinajstić information content (AvgIpc) is 3.02. The van der Waals surface area contributed by atoms with E-state index in [-0.39, 0.29) is 10.9 Å². The van der Waals surface area contributed by atoms with Crippen LogP contribution in [-0.4, -0.2) is 66.2 Å². The van der Waals surface area contributed by atoms with Crippen LogP contribution in [0.3, 0.4) is 0 Å². The van der Waals surface area contributed by atoms with E-state index in [2.05, 4.69) is 5.32 Å². The van der Waals surface area contributed by atoms with Gasteiger partial charge in [-0.05, 0) is 6.07 Å². The molecule has 0 aromatic heterocycles. The molecule has 3 aromatic rings. The Labute approximate surface area is 263 Å². The van der Waals surface area contributed by atoms with Crippen molar-refractivity contribution in [3.05, 3.63) is 101 Å². The van der Waals surface area contributed by atoms with E-state index in [0.29, 0.717) is 10.6 Å². The van der Waals surface area contributed by atoms with Gasteiger partial charge in [-0.25, -0.2) is 0 Å². The second kappa shape index (κ2) is 14.8. The van der Waals surface area contributed by atoms with E-state index in [0.717, 1.165) is 20.8 Å². The minimum absolute atomic E-state index is 0.0639. The second-order valence-electron chi connectivity index (χ2n) is 10.1. The highest BCUT2D eigenvalue weighted by molar-refractivity contribution is 7.85. The topological polar surface area (TPSA) is 187 Å². The number of benzene rings is 3. The molecule has 1 amide bonds. The van der Waals surface area contributed by atoms with Gasteiger partial charge in [0.15, 0.2) is 19.3 Å². The van der Waals surface area contributed by atoms with E-state index >= 15 is 4.57 Å². The van der Waals surface area contributed by atoms with E-state index in [1.807, 2.05) is 0 Å². The van der Waals surface area contributed by atoms with Crippen molar-refractivity contribution in [3.63, 3.8) is 0 Å². The predicted octanol–water partition coefficient (Wildman–Crippen LogP) is 1.78. The summed E-state index contributed by atoms with van der Waals surface area (Å²) in [6.07, 6.45) is -6.46. The summed E-state index contributed by atoms with van der Waals surface area (Å²) in [7, 11) is -3.69. The smallest absolute Gasteiger partial charge is 0.303 e. The first-order chi connectivity index (χ1) is 21.9. The van der Waals surface area contributed by atoms with Crippen molar-refractivity contribution in [1.29, 1.82) is 0 Å². The third-order valence-corrected chi connectivity index (χ3v) is 10.0. The van der Waals surface area contributed by atoms with Gasteiger partial charge in [0.25, 0.3) is 11.0 Å². The molecule has 1 saturated heterocycles. The highest BCUT2D eigenvalue weighted by Crippen LogP contribution is 2.43. The molecule has 3 unspecified atom stereocenters. The maximum absolute atomic E-state index is 15.1. The van der Waals surface area contributed by atoms with Gasteiger partial charge in [-0.1, -0.05) is 78.9 Å². The molecule has 0 saturated carbocycles. The largest absolute Gasteiger partial charge is 0.463 e. The summed E-state index contributed by atoms with van der Waals surface area (Å²) in [6.45, 7) is 2.63. The van der Waals surface area contributed by atoms with Gasteiger partial charge in [-0.2, -0.15) is 0 Å². The van der Waals surface area contributed by atoms with E-state index in [1.54, 1.807) is 78.9 Å². The number of hydrogen-bond acceptors (Lipinski definition) is 12.